The van der Waals surface area contributed by atoms with E-state index in [2.05, 4.69) is 40.9 Å². The van der Waals surface area contributed by atoms with Crippen LogP contribution in [-0.4, -0.2) is 61.0 Å². The van der Waals surface area contributed by atoms with E-state index in [1.165, 1.54) is 42.0 Å². The molecule has 0 aliphatic carbocycles. The van der Waals surface area contributed by atoms with Crippen LogP contribution in [0.3, 0.4) is 0 Å². The van der Waals surface area contributed by atoms with Gasteiger partial charge in [-0.1, -0.05) is 0 Å². The van der Waals surface area contributed by atoms with Crippen LogP contribution >= 0.6 is 34.6 Å². The maximum atomic E-state index is 5.91. The first kappa shape index (κ1) is 14.1. The van der Waals surface area contributed by atoms with Gasteiger partial charge in [0.05, 0.1) is 0 Å². The fourth-order valence-electron chi connectivity index (χ4n) is 1.75. The summed E-state index contributed by atoms with van der Waals surface area (Å²) in [5, 5.41) is 0. The third-order valence-electron chi connectivity index (χ3n) is 2.75. The Morgan fingerprint density at radius 3 is 2.88 bits per heavy atom. The first-order valence-electron chi connectivity index (χ1n) is 5.79. The first-order chi connectivity index (χ1) is 7.84. The van der Waals surface area contributed by atoms with Crippen molar-refractivity contribution in [2.45, 2.75) is 12.5 Å². The second kappa shape index (κ2) is 7.98. The van der Waals surface area contributed by atoms with Gasteiger partial charge in [-0.25, -0.2) is 0 Å². The number of hydrogen-bond acceptors (Lipinski definition) is 4. The Balaban J connectivity index is 1.64. The average molecular weight is 469 g/mol. The predicted molar refractivity (Wildman–Crippen MR) is 73.7 cm³/mol. The van der Waals surface area contributed by atoms with Gasteiger partial charge in [0, 0.05) is 0 Å². The molecule has 0 saturated carbocycles. The van der Waals surface area contributed by atoms with Crippen LogP contribution in [0.1, 0.15) is 6.42 Å². The van der Waals surface area contributed by atoms with E-state index >= 15 is 0 Å². The van der Waals surface area contributed by atoms with E-state index < -0.39 is 0 Å². The summed E-state index contributed by atoms with van der Waals surface area (Å²) in [5.74, 6) is 2.68. The van der Waals surface area contributed by atoms with Crippen molar-refractivity contribution >= 4 is 34.6 Å². The van der Waals surface area contributed by atoms with Crippen molar-refractivity contribution in [1.82, 2.24) is 6.23 Å². The number of thioether (sulfide) groups is 1. The summed E-state index contributed by atoms with van der Waals surface area (Å²) in [6, 6.07) is 0. The van der Waals surface area contributed by atoms with Crippen molar-refractivity contribution in [3.63, 3.8) is 0 Å². The molecule has 3 nitrogen and oxygen atoms in total. The number of ether oxygens (including phenoxy) is 1. The average Bonchev–Trinajstić information content (AvgIpc) is 2.53. The summed E-state index contributed by atoms with van der Waals surface area (Å²) in [5.41, 5.74) is 0. The Bertz CT molecular complexity index is 205. The molecule has 0 spiro atoms. The fourth-order valence-corrected chi connectivity index (χ4v) is 6.64. The molecule has 2 rings (SSSR count). The zero-order valence-corrected chi connectivity index (χ0v) is 14.5. The van der Waals surface area contributed by atoms with Crippen LogP contribution in [0.4, 0.5) is 0 Å². The summed E-state index contributed by atoms with van der Waals surface area (Å²) in [4.78, 5) is 0. The summed E-state index contributed by atoms with van der Waals surface area (Å²) < 4.78 is 12.3. The molecule has 1 atom stereocenters. The number of rotatable bonds is 3. The van der Waals surface area contributed by atoms with Crippen molar-refractivity contribution < 1.29 is 26.2 Å². The molecule has 0 aromatic rings. The van der Waals surface area contributed by atoms with Crippen LogP contribution < -0.4 is 21.5 Å². The molecule has 0 bridgehead atoms. The van der Waals surface area contributed by atoms with Crippen molar-refractivity contribution in [3.05, 3.63) is 0 Å². The standard InChI is InChI=1S/C10H19I2N2OS/c11-13-2-1-10(15-6-3-13)9-12-14-4-7-16-8-5-14/h10H,1-9H2/q-1. The number of alkyl halides is 1. The van der Waals surface area contributed by atoms with Gasteiger partial charge in [-0.15, -0.1) is 0 Å². The molecule has 0 radical (unpaired) electrons. The van der Waals surface area contributed by atoms with Gasteiger partial charge >= 0.3 is 128 Å². The van der Waals surface area contributed by atoms with Crippen molar-refractivity contribution in [1.29, 1.82) is 0 Å². The monoisotopic (exact) mass is 469 g/mol. The number of halogens is 2. The van der Waals surface area contributed by atoms with E-state index in [-0.39, 0.29) is 21.5 Å². The van der Waals surface area contributed by atoms with Crippen molar-refractivity contribution in [2.24, 2.45) is 0 Å². The molecule has 2 aliphatic heterocycles. The Hall–Kier alpha value is 1.69. The molecule has 6 heteroatoms. The molecule has 2 fully saturated rings. The van der Waals surface area contributed by atoms with E-state index in [0.717, 1.165) is 13.2 Å². The summed E-state index contributed by atoms with van der Waals surface area (Å²) in [6.45, 7) is 5.86. The molecule has 0 N–H and O–H groups in total. The fraction of sp³-hybridized carbons (Fsp3) is 1.00. The Morgan fingerprint density at radius 2 is 2.06 bits per heavy atom. The van der Waals surface area contributed by atoms with E-state index in [1.54, 1.807) is 0 Å². The van der Waals surface area contributed by atoms with E-state index in [1.807, 2.05) is 0 Å². The topological polar surface area (TPSA) is 15.7 Å². The zero-order valence-electron chi connectivity index (χ0n) is 9.41. The van der Waals surface area contributed by atoms with Crippen molar-refractivity contribution in [2.75, 3.05) is 48.7 Å². The van der Waals surface area contributed by atoms with Crippen LogP contribution in [0, 0.1) is 0 Å². The molecule has 16 heavy (non-hydrogen) atoms. The van der Waals surface area contributed by atoms with Crippen LogP contribution in [-0.2, 0) is 4.74 Å². The van der Waals surface area contributed by atoms with E-state index in [9.17, 15) is 0 Å². The minimum atomic E-state index is 0.226. The third kappa shape index (κ3) is 5.13. The van der Waals surface area contributed by atoms with Gasteiger partial charge in [0.15, 0.2) is 0 Å². The molecular formula is C10H19I2N2OS-. The molecule has 2 aliphatic rings. The molecular weight excluding hydrogens is 450 g/mol. The van der Waals surface area contributed by atoms with E-state index in [0.29, 0.717) is 6.10 Å². The Labute approximate surface area is 127 Å². The SMILES string of the molecule is IN1CCOC(C[I-]N2CCSCC2)CC1. The molecule has 2 heterocycles. The summed E-state index contributed by atoms with van der Waals surface area (Å²) in [6.07, 6.45) is 1.77. The summed E-state index contributed by atoms with van der Waals surface area (Å²) in [7, 11) is 0. The second-order valence-electron chi connectivity index (χ2n) is 3.99. The Kier molecular flexibility index (Phi) is 7.04. The van der Waals surface area contributed by atoms with Gasteiger partial charge in [0.1, 0.15) is 0 Å². The number of hydrogen-bond donors (Lipinski definition) is 0. The van der Waals surface area contributed by atoms with Gasteiger partial charge in [0.2, 0.25) is 0 Å². The van der Waals surface area contributed by atoms with Crippen LogP contribution in [0.5, 0.6) is 0 Å². The van der Waals surface area contributed by atoms with Crippen LogP contribution in [0.15, 0.2) is 0 Å². The summed E-state index contributed by atoms with van der Waals surface area (Å²) >= 11 is 4.74. The quantitative estimate of drug-likeness (QED) is 0.284. The van der Waals surface area contributed by atoms with Crippen LogP contribution in [0.25, 0.3) is 0 Å². The molecule has 96 valence electrons. The second-order valence-corrected chi connectivity index (χ2v) is 9.50. The molecule has 1 unspecified atom stereocenters. The number of nitrogens with zero attached hydrogens (tertiary/aromatic N) is 2. The normalized spacial score (nSPS) is 30.4. The maximum absolute atomic E-state index is 5.91. The zero-order chi connectivity index (χ0) is 11.2. The minimum absolute atomic E-state index is 0.226. The Morgan fingerprint density at radius 1 is 1.25 bits per heavy atom. The molecule has 0 amide bonds. The van der Waals surface area contributed by atoms with Crippen molar-refractivity contribution in [3.8, 4) is 0 Å². The van der Waals surface area contributed by atoms with Crippen LogP contribution in [0.2, 0.25) is 0 Å². The van der Waals surface area contributed by atoms with Gasteiger partial charge in [-0.2, -0.15) is 0 Å². The van der Waals surface area contributed by atoms with Gasteiger partial charge in [-0.05, 0) is 0 Å². The van der Waals surface area contributed by atoms with E-state index in [4.69, 9.17) is 4.74 Å². The molecule has 2 saturated heterocycles. The molecule has 0 aromatic heterocycles. The van der Waals surface area contributed by atoms with Gasteiger partial charge < -0.3 is 0 Å². The van der Waals surface area contributed by atoms with Gasteiger partial charge in [-0.3, -0.25) is 0 Å². The molecule has 0 aromatic carbocycles. The third-order valence-corrected chi connectivity index (χ3v) is 7.96. The predicted octanol–water partition coefficient (Wildman–Crippen LogP) is -1.52. The van der Waals surface area contributed by atoms with Gasteiger partial charge in [0.25, 0.3) is 0 Å². The first-order valence-corrected chi connectivity index (χ1v) is 10.4.